The minimum Gasteiger partial charge on any atom is -0.353 e. The van der Waals surface area contributed by atoms with Crippen molar-refractivity contribution in [3.8, 4) is 0 Å². The number of nitrogens with zero attached hydrogens (tertiary/aromatic N) is 4. The lowest BCUT2D eigenvalue weighted by molar-refractivity contribution is -0.124. The second kappa shape index (κ2) is 10.7. The lowest BCUT2D eigenvalue weighted by atomic mass is 9.90. The molecule has 1 atom stereocenters. The van der Waals surface area contributed by atoms with Gasteiger partial charge in [-0.25, -0.2) is 8.42 Å². The van der Waals surface area contributed by atoms with Crippen molar-refractivity contribution in [1.29, 1.82) is 0 Å². The molecule has 1 aromatic heterocycles. The van der Waals surface area contributed by atoms with Crippen molar-refractivity contribution in [1.82, 2.24) is 23.3 Å². The predicted octanol–water partition coefficient (Wildman–Crippen LogP) is 2.92. The van der Waals surface area contributed by atoms with Crippen molar-refractivity contribution in [3.05, 3.63) is 54.1 Å². The van der Waals surface area contributed by atoms with E-state index in [0.717, 1.165) is 50.6 Å². The van der Waals surface area contributed by atoms with E-state index in [0.29, 0.717) is 42.9 Å². The molecule has 0 bridgehead atoms. The molecule has 3 aromatic rings. The summed E-state index contributed by atoms with van der Waals surface area (Å²) in [6.07, 6.45) is 4.64. The number of carbonyl (C=O) groups is 1. The van der Waals surface area contributed by atoms with Crippen molar-refractivity contribution >= 4 is 38.7 Å². The summed E-state index contributed by atoms with van der Waals surface area (Å²) in [5.41, 5.74) is 2.33. The average molecular weight is 514 g/mol. The highest BCUT2D eigenvalue weighted by molar-refractivity contribution is 7.89. The number of carbonyl (C=O) groups excluding carboxylic acids is 1. The standard InChI is InChI=1S/C25H31N5O3S2/c31-25(26-13-17-29-15-11-20(12-16-29)18-19-6-2-1-3-7-19)22-9-5-14-30(22)35(32,33)23-10-4-8-21-24(23)28-34-27-21/h1-4,6-8,10,20,22H,5,9,11-18H2,(H,26,31)/t22-/m0/s1. The summed E-state index contributed by atoms with van der Waals surface area (Å²) in [5, 5.41) is 3.00. The van der Waals surface area contributed by atoms with E-state index in [2.05, 4.69) is 49.3 Å². The molecule has 0 aliphatic carbocycles. The van der Waals surface area contributed by atoms with Crippen LogP contribution in [0.15, 0.2) is 53.4 Å². The molecule has 2 aliphatic rings. The molecule has 2 aliphatic heterocycles. The van der Waals surface area contributed by atoms with Crippen LogP contribution in [-0.2, 0) is 21.2 Å². The van der Waals surface area contributed by atoms with Crippen LogP contribution in [0, 0.1) is 5.92 Å². The zero-order valence-corrected chi connectivity index (χ0v) is 21.3. The number of nitrogens with one attached hydrogen (secondary N) is 1. The zero-order valence-electron chi connectivity index (χ0n) is 19.7. The van der Waals surface area contributed by atoms with Crippen LogP contribution in [0.4, 0.5) is 0 Å². The summed E-state index contributed by atoms with van der Waals surface area (Å²) in [6.45, 7) is 3.71. The third-order valence-corrected chi connectivity index (χ3v) is 9.63. The summed E-state index contributed by atoms with van der Waals surface area (Å²) in [4.78, 5) is 15.5. The van der Waals surface area contributed by atoms with Gasteiger partial charge in [0.2, 0.25) is 15.9 Å². The van der Waals surface area contributed by atoms with Crippen LogP contribution in [0.25, 0.3) is 11.0 Å². The van der Waals surface area contributed by atoms with Crippen LogP contribution >= 0.6 is 11.7 Å². The first-order valence-corrected chi connectivity index (χ1v) is 14.5. The van der Waals surface area contributed by atoms with Crippen LogP contribution in [-0.4, -0.2) is 71.0 Å². The third kappa shape index (κ3) is 5.40. The van der Waals surface area contributed by atoms with Gasteiger partial charge in [0.05, 0.1) is 11.7 Å². The van der Waals surface area contributed by atoms with Gasteiger partial charge in [-0.05, 0) is 68.8 Å². The van der Waals surface area contributed by atoms with E-state index in [1.54, 1.807) is 18.2 Å². The number of benzene rings is 2. The van der Waals surface area contributed by atoms with Gasteiger partial charge in [0.25, 0.3) is 0 Å². The maximum Gasteiger partial charge on any atom is 0.246 e. The van der Waals surface area contributed by atoms with Gasteiger partial charge in [-0.1, -0.05) is 36.4 Å². The fourth-order valence-electron chi connectivity index (χ4n) is 5.22. The van der Waals surface area contributed by atoms with Crippen LogP contribution in [0.2, 0.25) is 0 Å². The SMILES string of the molecule is O=C(NCCN1CCC(Cc2ccccc2)CC1)[C@@H]1CCCN1S(=O)(=O)c1cccc2nsnc12. The van der Waals surface area contributed by atoms with E-state index in [4.69, 9.17) is 0 Å². The third-order valence-electron chi connectivity index (χ3n) is 7.14. The zero-order chi connectivity index (χ0) is 24.3. The van der Waals surface area contributed by atoms with Crippen molar-refractivity contribution in [2.45, 2.75) is 43.0 Å². The molecular weight excluding hydrogens is 482 g/mol. The molecule has 8 nitrogen and oxygen atoms in total. The number of sulfonamides is 1. The van der Waals surface area contributed by atoms with Crippen LogP contribution < -0.4 is 5.32 Å². The van der Waals surface area contributed by atoms with Gasteiger partial charge in [-0.2, -0.15) is 13.1 Å². The molecule has 0 radical (unpaired) electrons. The van der Waals surface area contributed by atoms with Gasteiger partial charge in [0, 0.05) is 19.6 Å². The molecule has 35 heavy (non-hydrogen) atoms. The van der Waals surface area contributed by atoms with E-state index in [1.807, 2.05) is 0 Å². The smallest absolute Gasteiger partial charge is 0.246 e. The Labute approximate surface area is 210 Å². The van der Waals surface area contributed by atoms with Gasteiger partial charge in [-0.15, -0.1) is 0 Å². The average Bonchev–Trinajstić information content (AvgIpc) is 3.56. The van der Waals surface area contributed by atoms with Crippen LogP contribution in [0.5, 0.6) is 0 Å². The topological polar surface area (TPSA) is 95.5 Å². The quantitative estimate of drug-likeness (QED) is 0.498. The number of hydrogen-bond donors (Lipinski definition) is 1. The van der Waals surface area contributed by atoms with Gasteiger partial charge < -0.3 is 10.2 Å². The summed E-state index contributed by atoms with van der Waals surface area (Å²) >= 11 is 0.991. The maximum absolute atomic E-state index is 13.4. The molecule has 1 N–H and O–H groups in total. The Morgan fingerprint density at radius 1 is 1.00 bits per heavy atom. The number of amides is 1. The lowest BCUT2D eigenvalue weighted by Gasteiger charge is -2.32. The lowest BCUT2D eigenvalue weighted by Crippen LogP contribution is -2.48. The number of aromatic nitrogens is 2. The molecule has 3 heterocycles. The van der Waals surface area contributed by atoms with E-state index >= 15 is 0 Å². The van der Waals surface area contributed by atoms with Gasteiger partial charge in [0.15, 0.2) is 0 Å². The highest BCUT2D eigenvalue weighted by Gasteiger charge is 2.40. The molecule has 186 valence electrons. The Kier molecular flexibility index (Phi) is 7.43. The largest absolute Gasteiger partial charge is 0.353 e. The van der Waals surface area contributed by atoms with Crippen LogP contribution in [0.3, 0.4) is 0 Å². The molecule has 1 amide bonds. The number of piperidine rings is 1. The molecule has 2 fully saturated rings. The highest BCUT2D eigenvalue weighted by Crippen LogP contribution is 2.30. The number of hydrogen-bond acceptors (Lipinski definition) is 7. The molecule has 10 heteroatoms. The Morgan fingerprint density at radius 3 is 2.60 bits per heavy atom. The second-order valence-corrected chi connectivity index (χ2v) is 11.8. The Morgan fingerprint density at radius 2 is 1.80 bits per heavy atom. The number of fused-ring (bicyclic) bond motifs is 1. The predicted molar refractivity (Wildman–Crippen MR) is 137 cm³/mol. The van der Waals surface area contributed by atoms with E-state index in [1.165, 1.54) is 9.87 Å². The first kappa shape index (κ1) is 24.3. The molecule has 0 spiro atoms. The number of rotatable bonds is 8. The highest BCUT2D eigenvalue weighted by atomic mass is 32.2. The fraction of sp³-hybridized carbons (Fsp3) is 0.480. The second-order valence-electron chi connectivity index (χ2n) is 9.43. The van der Waals surface area contributed by atoms with E-state index in [-0.39, 0.29) is 10.8 Å². The van der Waals surface area contributed by atoms with E-state index < -0.39 is 16.1 Å². The molecule has 2 aromatic carbocycles. The summed E-state index contributed by atoms with van der Waals surface area (Å²) in [7, 11) is -3.84. The minimum atomic E-state index is -3.84. The van der Waals surface area contributed by atoms with Crippen molar-refractivity contribution in [2.24, 2.45) is 5.92 Å². The van der Waals surface area contributed by atoms with Crippen molar-refractivity contribution < 1.29 is 13.2 Å². The monoisotopic (exact) mass is 513 g/mol. The van der Waals surface area contributed by atoms with E-state index in [9.17, 15) is 13.2 Å². The van der Waals surface area contributed by atoms with Gasteiger partial charge >= 0.3 is 0 Å². The van der Waals surface area contributed by atoms with Crippen LogP contribution in [0.1, 0.15) is 31.2 Å². The Hall–Kier alpha value is -2.40. The Balaban J connectivity index is 1.12. The molecular formula is C25H31N5O3S2. The number of likely N-dealkylation sites (tertiary alicyclic amines) is 1. The minimum absolute atomic E-state index is 0.127. The van der Waals surface area contributed by atoms with Gasteiger partial charge in [0.1, 0.15) is 22.0 Å². The normalized spacial score (nSPS) is 20.4. The maximum atomic E-state index is 13.4. The fourth-order valence-corrected chi connectivity index (χ4v) is 7.63. The molecule has 0 saturated carbocycles. The summed E-state index contributed by atoms with van der Waals surface area (Å²) in [5.74, 6) is 0.492. The summed E-state index contributed by atoms with van der Waals surface area (Å²) < 4.78 is 36.5. The molecule has 2 saturated heterocycles. The molecule has 0 unspecified atom stereocenters. The Bertz CT molecular complexity index is 1260. The first-order chi connectivity index (χ1) is 17.0. The van der Waals surface area contributed by atoms with Crippen molar-refractivity contribution in [3.63, 3.8) is 0 Å². The first-order valence-electron chi connectivity index (χ1n) is 12.3. The van der Waals surface area contributed by atoms with Gasteiger partial charge in [-0.3, -0.25) is 4.79 Å². The molecule has 5 rings (SSSR count). The van der Waals surface area contributed by atoms with Crippen molar-refractivity contribution in [2.75, 3.05) is 32.7 Å². The summed E-state index contributed by atoms with van der Waals surface area (Å²) in [6, 6.07) is 14.9.